The van der Waals surface area contributed by atoms with Crippen LogP contribution in [0.2, 0.25) is 0 Å². The molecule has 0 rings (SSSR count). The third-order valence-electron chi connectivity index (χ3n) is 2.07. The highest BCUT2D eigenvalue weighted by Crippen LogP contribution is 2.06. The summed E-state index contributed by atoms with van der Waals surface area (Å²) in [6.45, 7) is 3.64. The second kappa shape index (κ2) is 10.4. The molecule has 0 aromatic rings. The maximum absolute atomic E-state index is 11.2. The lowest BCUT2D eigenvalue weighted by molar-refractivity contribution is -0.144. The molecule has 0 heterocycles. The highest BCUT2D eigenvalue weighted by atomic mass is 32.2. The van der Waals surface area contributed by atoms with Crippen LogP contribution < -0.4 is 11.1 Å². The Morgan fingerprint density at radius 1 is 1.41 bits per heavy atom. The predicted molar refractivity (Wildman–Crippen MR) is 69.6 cm³/mol. The quantitative estimate of drug-likeness (QED) is 0.366. The van der Waals surface area contributed by atoms with Crippen LogP contribution in [0, 0.1) is 0 Å². The van der Waals surface area contributed by atoms with Gasteiger partial charge in [0.1, 0.15) is 6.04 Å². The summed E-state index contributed by atoms with van der Waals surface area (Å²) >= 11 is 1.66. The summed E-state index contributed by atoms with van der Waals surface area (Å²) in [5.74, 6) is 1.26. The third-order valence-corrected chi connectivity index (χ3v) is 2.99. The largest absolute Gasteiger partial charge is 0.465 e. The number of nitrogens with one attached hydrogen (secondary N) is 1. The zero-order valence-electron chi connectivity index (χ0n) is 10.5. The van der Waals surface area contributed by atoms with E-state index in [1.165, 1.54) is 6.92 Å². The molecule has 0 unspecified atom stereocenters. The second-order valence-corrected chi connectivity index (χ2v) is 4.75. The molecule has 0 bridgehead atoms. The number of nitrogens with two attached hydrogens (primary N) is 1. The van der Waals surface area contributed by atoms with Crippen molar-refractivity contribution in [2.24, 2.45) is 5.73 Å². The number of hydrogen-bond acceptors (Lipinski definition) is 5. The first-order valence-electron chi connectivity index (χ1n) is 5.82. The maximum atomic E-state index is 11.2. The van der Waals surface area contributed by atoms with E-state index in [0.29, 0.717) is 18.9 Å². The van der Waals surface area contributed by atoms with Crippen molar-refractivity contribution >= 4 is 23.6 Å². The fourth-order valence-corrected chi connectivity index (χ4v) is 2.02. The highest BCUT2D eigenvalue weighted by molar-refractivity contribution is 7.99. The van der Waals surface area contributed by atoms with E-state index in [1.54, 1.807) is 18.7 Å². The van der Waals surface area contributed by atoms with E-state index in [1.807, 2.05) is 0 Å². The molecule has 0 aromatic heterocycles. The van der Waals surface area contributed by atoms with Gasteiger partial charge < -0.3 is 15.8 Å². The van der Waals surface area contributed by atoms with Crippen LogP contribution in [0.5, 0.6) is 0 Å². The van der Waals surface area contributed by atoms with Crippen LogP contribution in [0.4, 0.5) is 0 Å². The number of thioether (sulfide) groups is 1. The van der Waals surface area contributed by atoms with Crippen molar-refractivity contribution in [2.45, 2.75) is 39.2 Å². The van der Waals surface area contributed by atoms with Crippen molar-refractivity contribution in [3.63, 3.8) is 0 Å². The predicted octanol–water partition coefficient (Wildman–Crippen LogP) is 0.874. The first kappa shape index (κ1) is 16.2. The molecule has 100 valence electrons. The van der Waals surface area contributed by atoms with Gasteiger partial charge in [-0.25, -0.2) is 0 Å². The molecular formula is C11H22N2O3S. The molecule has 0 spiro atoms. The van der Waals surface area contributed by atoms with Gasteiger partial charge in [-0.05, 0) is 25.5 Å². The summed E-state index contributed by atoms with van der Waals surface area (Å²) in [6.07, 6.45) is 2.53. The second-order valence-electron chi connectivity index (χ2n) is 3.64. The van der Waals surface area contributed by atoms with Crippen molar-refractivity contribution in [3.8, 4) is 0 Å². The molecule has 0 fully saturated rings. The Morgan fingerprint density at radius 3 is 2.71 bits per heavy atom. The van der Waals surface area contributed by atoms with Crippen molar-refractivity contribution in [2.75, 3.05) is 18.2 Å². The van der Waals surface area contributed by atoms with Crippen LogP contribution in [0.15, 0.2) is 0 Å². The average molecular weight is 262 g/mol. The average Bonchev–Trinajstić information content (AvgIpc) is 2.27. The summed E-state index contributed by atoms with van der Waals surface area (Å²) in [7, 11) is 0. The van der Waals surface area contributed by atoms with Gasteiger partial charge in [0.2, 0.25) is 5.91 Å². The molecule has 1 atom stereocenters. The summed E-state index contributed by atoms with van der Waals surface area (Å²) in [5.41, 5.74) is 5.65. The Hall–Kier alpha value is -0.750. The minimum Gasteiger partial charge on any atom is -0.465 e. The van der Waals surface area contributed by atoms with Crippen LogP contribution in [0.1, 0.15) is 33.1 Å². The lowest BCUT2D eigenvalue weighted by atomic mass is 10.1. The number of amides is 1. The smallest absolute Gasteiger partial charge is 0.322 e. The lowest BCUT2D eigenvalue weighted by Crippen LogP contribution is -2.32. The Balaban J connectivity index is 3.33. The first-order chi connectivity index (χ1) is 8.07. The molecule has 0 saturated heterocycles. The maximum Gasteiger partial charge on any atom is 0.322 e. The van der Waals surface area contributed by atoms with Gasteiger partial charge in [0.05, 0.1) is 12.5 Å². The van der Waals surface area contributed by atoms with Gasteiger partial charge in [0.25, 0.3) is 0 Å². The van der Waals surface area contributed by atoms with Gasteiger partial charge in [-0.2, -0.15) is 0 Å². The molecule has 0 aromatic carbocycles. The molecule has 0 aliphatic carbocycles. The fraction of sp³-hybridized carbons (Fsp3) is 0.818. The number of unbranched alkanes of at least 4 members (excludes halogenated alkanes) is 1. The van der Waals surface area contributed by atoms with Crippen molar-refractivity contribution in [1.82, 2.24) is 5.32 Å². The topological polar surface area (TPSA) is 81.4 Å². The van der Waals surface area contributed by atoms with E-state index in [9.17, 15) is 9.59 Å². The Kier molecular flexibility index (Phi) is 9.95. The van der Waals surface area contributed by atoms with E-state index >= 15 is 0 Å². The van der Waals surface area contributed by atoms with E-state index in [-0.39, 0.29) is 11.9 Å². The zero-order valence-corrected chi connectivity index (χ0v) is 11.3. The Bertz CT molecular complexity index is 237. The summed E-state index contributed by atoms with van der Waals surface area (Å²) < 4.78 is 4.81. The van der Waals surface area contributed by atoms with Gasteiger partial charge in [-0.3, -0.25) is 9.59 Å². The van der Waals surface area contributed by atoms with Crippen molar-refractivity contribution in [3.05, 3.63) is 0 Å². The molecular weight excluding hydrogens is 240 g/mol. The monoisotopic (exact) mass is 262 g/mol. The molecule has 6 heteroatoms. The minimum absolute atomic E-state index is 0.0122. The number of esters is 1. The normalized spacial score (nSPS) is 11.9. The van der Waals surface area contributed by atoms with Gasteiger partial charge in [-0.1, -0.05) is 6.42 Å². The molecule has 17 heavy (non-hydrogen) atoms. The van der Waals surface area contributed by atoms with Gasteiger partial charge >= 0.3 is 5.97 Å². The van der Waals surface area contributed by atoms with Crippen LogP contribution >= 0.6 is 11.8 Å². The summed E-state index contributed by atoms with van der Waals surface area (Å²) in [6, 6.07) is -0.504. The van der Waals surface area contributed by atoms with Gasteiger partial charge in [0.15, 0.2) is 0 Å². The third kappa shape index (κ3) is 10.1. The van der Waals surface area contributed by atoms with E-state index in [4.69, 9.17) is 10.5 Å². The van der Waals surface area contributed by atoms with Crippen LogP contribution in [-0.2, 0) is 14.3 Å². The van der Waals surface area contributed by atoms with Crippen molar-refractivity contribution in [1.29, 1.82) is 0 Å². The molecule has 3 N–H and O–H groups in total. The van der Waals surface area contributed by atoms with Crippen LogP contribution in [-0.4, -0.2) is 36.2 Å². The SMILES string of the molecule is CCOC(=O)[C@H](N)CCCCSCNC(C)=O. The molecule has 0 aliphatic rings. The number of carbonyl (C=O) groups is 2. The summed E-state index contributed by atoms with van der Waals surface area (Å²) in [5, 5.41) is 2.71. The highest BCUT2D eigenvalue weighted by Gasteiger charge is 2.13. The van der Waals surface area contributed by atoms with E-state index in [0.717, 1.165) is 18.6 Å². The molecule has 5 nitrogen and oxygen atoms in total. The number of ether oxygens (including phenoxy) is 1. The molecule has 0 aliphatic heterocycles. The number of hydrogen-bond donors (Lipinski definition) is 2. The zero-order chi connectivity index (χ0) is 13.1. The fourth-order valence-electron chi connectivity index (χ4n) is 1.16. The number of rotatable bonds is 9. The van der Waals surface area contributed by atoms with Gasteiger partial charge in [0, 0.05) is 6.92 Å². The Morgan fingerprint density at radius 2 is 2.12 bits per heavy atom. The van der Waals surface area contributed by atoms with Crippen LogP contribution in [0.25, 0.3) is 0 Å². The van der Waals surface area contributed by atoms with Gasteiger partial charge in [-0.15, -0.1) is 11.8 Å². The first-order valence-corrected chi connectivity index (χ1v) is 6.97. The molecule has 0 radical (unpaired) electrons. The molecule has 1 amide bonds. The minimum atomic E-state index is -0.504. The lowest BCUT2D eigenvalue weighted by Gasteiger charge is -2.09. The van der Waals surface area contributed by atoms with Crippen LogP contribution in [0.3, 0.4) is 0 Å². The standard InChI is InChI=1S/C11H22N2O3S/c1-3-16-11(15)10(12)6-4-5-7-17-8-13-9(2)14/h10H,3-8,12H2,1-2H3,(H,13,14)/t10-/m1/s1. The Labute approximate surface area is 107 Å². The molecule has 0 saturated carbocycles. The van der Waals surface area contributed by atoms with E-state index < -0.39 is 6.04 Å². The summed E-state index contributed by atoms with van der Waals surface area (Å²) in [4.78, 5) is 21.8. The van der Waals surface area contributed by atoms with E-state index in [2.05, 4.69) is 5.32 Å². The number of carbonyl (C=O) groups excluding carboxylic acids is 2. The van der Waals surface area contributed by atoms with Crippen molar-refractivity contribution < 1.29 is 14.3 Å².